The van der Waals surface area contributed by atoms with Crippen molar-refractivity contribution in [3.63, 3.8) is 0 Å². The molecule has 1 aliphatic rings. The van der Waals surface area contributed by atoms with Crippen molar-refractivity contribution in [2.75, 3.05) is 27.2 Å². The first-order chi connectivity index (χ1) is 12.7. The van der Waals surface area contributed by atoms with Crippen LogP contribution in [-0.2, 0) is 4.79 Å². The number of amides is 1. The van der Waals surface area contributed by atoms with Crippen LogP contribution in [0.4, 0.5) is 0 Å². The van der Waals surface area contributed by atoms with E-state index in [2.05, 4.69) is 31.6 Å². The first kappa shape index (κ1) is 23.2. The molecule has 0 spiro atoms. The van der Waals surface area contributed by atoms with Gasteiger partial charge in [0, 0.05) is 19.4 Å². The van der Waals surface area contributed by atoms with Crippen molar-refractivity contribution in [3.05, 3.63) is 12.2 Å². The second-order valence-corrected chi connectivity index (χ2v) is 8.50. The summed E-state index contributed by atoms with van der Waals surface area (Å²) in [5.74, 6) is 1.14. The summed E-state index contributed by atoms with van der Waals surface area (Å²) in [5.41, 5.74) is 0. The average Bonchev–Trinajstić information content (AvgIpc) is 3.13. The summed E-state index contributed by atoms with van der Waals surface area (Å²) in [6.45, 7) is 1.96. The molecule has 0 saturated carbocycles. The lowest BCUT2D eigenvalue weighted by atomic mass is 9.99. The number of hydrogen-bond acceptors (Lipinski definition) is 1. The number of hydrogen-bond donors (Lipinski definition) is 2. The molecule has 0 aromatic rings. The van der Waals surface area contributed by atoms with Crippen molar-refractivity contribution >= 4 is 5.91 Å². The van der Waals surface area contributed by atoms with Crippen LogP contribution in [-0.4, -0.2) is 33.1 Å². The van der Waals surface area contributed by atoms with E-state index in [0.29, 0.717) is 6.42 Å². The molecule has 26 heavy (non-hydrogen) atoms. The number of carbonyl (C=O) groups excluding carboxylic acids is 1. The lowest BCUT2D eigenvalue weighted by Gasteiger charge is -2.08. The predicted molar refractivity (Wildman–Crippen MR) is 113 cm³/mol. The molecule has 3 heteroatoms. The quantitative estimate of drug-likeness (QED) is 0.293. The highest BCUT2D eigenvalue weighted by Crippen LogP contribution is 2.23. The smallest absolute Gasteiger partial charge is 0.219 e. The maximum Gasteiger partial charge on any atom is 0.219 e. The van der Waals surface area contributed by atoms with E-state index in [1.807, 2.05) is 0 Å². The van der Waals surface area contributed by atoms with Crippen LogP contribution in [0.15, 0.2) is 12.2 Å². The number of quaternary nitrogens is 1. The van der Waals surface area contributed by atoms with Crippen LogP contribution in [0.1, 0.15) is 96.3 Å². The molecule has 0 aliphatic heterocycles. The topological polar surface area (TPSA) is 33.5 Å². The number of rotatable bonds is 17. The molecule has 0 bridgehead atoms. The molecule has 3 nitrogen and oxygen atoms in total. The van der Waals surface area contributed by atoms with Crippen LogP contribution in [0.3, 0.4) is 0 Å². The van der Waals surface area contributed by atoms with Gasteiger partial charge in [0.25, 0.3) is 0 Å². The summed E-state index contributed by atoms with van der Waals surface area (Å²) in [6, 6.07) is 0. The molecule has 0 aromatic carbocycles. The van der Waals surface area contributed by atoms with E-state index < -0.39 is 0 Å². The molecular weight excluding hydrogens is 320 g/mol. The second-order valence-electron chi connectivity index (χ2n) is 8.50. The first-order valence-electron chi connectivity index (χ1n) is 11.4. The Morgan fingerprint density at radius 1 is 0.923 bits per heavy atom. The van der Waals surface area contributed by atoms with Crippen molar-refractivity contribution in [2.24, 2.45) is 5.92 Å². The van der Waals surface area contributed by atoms with Crippen LogP contribution in [0, 0.1) is 5.92 Å². The zero-order valence-electron chi connectivity index (χ0n) is 17.7. The molecular formula is C23H45N2O+. The third kappa shape index (κ3) is 14.4. The summed E-state index contributed by atoms with van der Waals surface area (Å²) < 4.78 is 0. The van der Waals surface area contributed by atoms with Crippen LogP contribution in [0.2, 0.25) is 0 Å². The Labute approximate surface area is 163 Å². The highest BCUT2D eigenvalue weighted by Gasteiger charge is 2.07. The van der Waals surface area contributed by atoms with Gasteiger partial charge in [-0.2, -0.15) is 0 Å². The van der Waals surface area contributed by atoms with Crippen molar-refractivity contribution in [3.8, 4) is 0 Å². The second kappa shape index (κ2) is 16.4. The molecule has 0 radical (unpaired) electrons. The van der Waals surface area contributed by atoms with Crippen LogP contribution >= 0.6 is 0 Å². The average molecular weight is 366 g/mol. The van der Waals surface area contributed by atoms with E-state index in [4.69, 9.17) is 0 Å². The van der Waals surface area contributed by atoms with Gasteiger partial charge in [-0.05, 0) is 31.6 Å². The molecule has 0 aromatic heterocycles. The standard InChI is InChI=1S/C23H44N2O/c1-25(2)21-15-20-24-23(26)19-12-10-8-6-4-3-5-7-9-11-16-22-17-13-14-18-22/h13,17,22H,3-12,14-16,18-21H2,1-2H3,(H,24,26)/p+1/t22-/m0/s1. The molecule has 0 heterocycles. The summed E-state index contributed by atoms with van der Waals surface area (Å²) in [6.07, 6.45) is 24.1. The Hall–Kier alpha value is -0.830. The predicted octanol–water partition coefficient (Wildman–Crippen LogP) is 4.28. The fourth-order valence-corrected chi connectivity index (χ4v) is 3.80. The third-order valence-corrected chi connectivity index (χ3v) is 5.52. The van der Waals surface area contributed by atoms with Crippen LogP contribution in [0.25, 0.3) is 0 Å². The van der Waals surface area contributed by atoms with Crippen LogP contribution in [0.5, 0.6) is 0 Å². The van der Waals surface area contributed by atoms with E-state index in [-0.39, 0.29) is 5.91 Å². The fraction of sp³-hybridized carbons (Fsp3) is 0.870. The SMILES string of the molecule is C[NH+](C)CCCNC(=O)CCCCCCCCCCCC[C@H]1C=CCC1. The largest absolute Gasteiger partial charge is 0.356 e. The van der Waals surface area contributed by atoms with E-state index in [1.54, 1.807) is 0 Å². The number of nitrogens with one attached hydrogen (secondary N) is 2. The lowest BCUT2D eigenvalue weighted by Crippen LogP contribution is -3.05. The Morgan fingerprint density at radius 3 is 2.12 bits per heavy atom. The Balaban J connectivity index is 1.72. The number of allylic oxidation sites excluding steroid dienone is 2. The maximum atomic E-state index is 11.7. The van der Waals surface area contributed by atoms with E-state index >= 15 is 0 Å². The van der Waals surface area contributed by atoms with Crippen molar-refractivity contribution in [1.82, 2.24) is 5.32 Å². The Morgan fingerprint density at radius 2 is 1.54 bits per heavy atom. The van der Waals surface area contributed by atoms with Crippen LogP contribution < -0.4 is 10.2 Å². The van der Waals surface area contributed by atoms with E-state index in [0.717, 1.165) is 31.8 Å². The van der Waals surface area contributed by atoms with Gasteiger partial charge in [0.15, 0.2) is 0 Å². The molecule has 1 atom stereocenters. The molecule has 152 valence electrons. The fourth-order valence-electron chi connectivity index (χ4n) is 3.80. The van der Waals surface area contributed by atoms with Gasteiger partial charge >= 0.3 is 0 Å². The zero-order valence-corrected chi connectivity index (χ0v) is 17.7. The highest BCUT2D eigenvalue weighted by molar-refractivity contribution is 5.75. The number of carbonyl (C=O) groups is 1. The highest BCUT2D eigenvalue weighted by atomic mass is 16.1. The number of unbranched alkanes of at least 4 members (excludes halogenated alkanes) is 9. The van der Waals surface area contributed by atoms with Crippen molar-refractivity contribution in [1.29, 1.82) is 0 Å². The van der Waals surface area contributed by atoms with Gasteiger partial charge < -0.3 is 10.2 Å². The van der Waals surface area contributed by atoms with Gasteiger partial charge in [-0.3, -0.25) is 4.79 Å². The Kier molecular flexibility index (Phi) is 14.6. The minimum Gasteiger partial charge on any atom is -0.356 e. The normalized spacial score (nSPS) is 16.5. The summed E-state index contributed by atoms with van der Waals surface area (Å²) >= 11 is 0. The zero-order chi connectivity index (χ0) is 18.9. The van der Waals surface area contributed by atoms with Gasteiger partial charge in [-0.25, -0.2) is 0 Å². The van der Waals surface area contributed by atoms with E-state index in [9.17, 15) is 4.79 Å². The molecule has 1 aliphatic carbocycles. The van der Waals surface area contributed by atoms with Gasteiger partial charge in [-0.1, -0.05) is 69.9 Å². The summed E-state index contributed by atoms with van der Waals surface area (Å²) in [5, 5.41) is 3.04. The minimum absolute atomic E-state index is 0.242. The summed E-state index contributed by atoms with van der Waals surface area (Å²) in [7, 11) is 4.30. The molecule has 1 amide bonds. The van der Waals surface area contributed by atoms with Gasteiger partial charge in [-0.15, -0.1) is 0 Å². The molecule has 0 fully saturated rings. The monoisotopic (exact) mass is 365 g/mol. The minimum atomic E-state index is 0.242. The molecule has 0 saturated heterocycles. The summed E-state index contributed by atoms with van der Waals surface area (Å²) in [4.78, 5) is 13.2. The van der Waals surface area contributed by atoms with E-state index in [1.165, 1.54) is 81.9 Å². The molecule has 1 rings (SSSR count). The lowest BCUT2D eigenvalue weighted by molar-refractivity contribution is -0.858. The molecule has 2 N–H and O–H groups in total. The van der Waals surface area contributed by atoms with Crippen molar-refractivity contribution in [2.45, 2.75) is 96.3 Å². The van der Waals surface area contributed by atoms with Gasteiger partial charge in [0.1, 0.15) is 0 Å². The first-order valence-corrected chi connectivity index (χ1v) is 11.4. The third-order valence-electron chi connectivity index (χ3n) is 5.52. The van der Waals surface area contributed by atoms with Gasteiger partial charge in [0.2, 0.25) is 5.91 Å². The van der Waals surface area contributed by atoms with Crippen molar-refractivity contribution < 1.29 is 9.69 Å². The Bertz CT molecular complexity index is 365. The van der Waals surface area contributed by atoms with Gasteiger partial charge in [0.05, 0.1) is 20.6 Å². The maximum absolute atomic E-state index is 11.7. The molecule has 0 unspecified atom stereocenters.